The SMILES string of the molecule is CCCCCCCCCC[P+](CC(CC)CCCC)(CC(CC)CCCC)CC(CC)CCCC.F[P-](F)(F)(F)(F)F. The molecule has 260 valence electrons. The number of hydrogen-bond donors (Lipinski definition) is 0. The molecule has 0 amide bonds. The maximum atomic E-state index is 9.87. The Bertz CT molecular complexity index is 551. The maximum absolute atomic E-state index is 10.7. The van der Waals surface area contributed by atoms with Crippen LogP contribution in [0.1, 0.15) is 177 Å². The molecule has 3 atom stereocenters. The molecule has 0 radical (unpaired) electrons. The van der Waals surface area contributed by atoms with Gasteiger partial charge in [-0.15, -0.1) is 0 Å². The topological polar surface area (TPSA) is 0 Å². The zero-order valence-electron chi connectivity index (χ0n) is 28.9. The molecule has 0 aliphatic heterocycles. The van der Waals surface area contributed by atoms with Crippen LogP contribution in [-0.4, -0.2) is 24.6 Å². The molecule has 0 bridgehead atoms. The molecule has 0 rings (SSSR count). The first-order valence-electron chi connectivity index (χ1n) is 17.9. The summed E-state index contributed by atoms with van der Waals surface area (Å²) in [5, 5.41) is 0. The van der Waals surface area contributed by atoms with Crippen LogP contribution in [-0.2, 0) is 0 Å². The van der Waals surface area contributed by atoms with Gasteiger partial charge in [-0.2, -0.15) is 0 Å². The van der Waals surface area contributed by atoms with E-state index in [2.05, 4.69) is 48.5 Å². The van der Waals surface area contributed by atoms with E-state index >= 15 is 0 Å². The minimum atomic E-state index is -10.7. The number of unbranched alkanes of at least 4 members (excludes halogenated alkanes) is 10. The summed E-state index contributed by atoms with van der Waals surface area (Å²) in [5.74, 6) is 3.01. The Hall–Kier alpha value is 0.440. The van der Waals surface area contributed by atoms with Crippen LogP contribution in [0.5, 0.6) is 0 Å². The van der Waals surface area contributed by atoms with Crippen LogP contribution in [0.2, 0.25) is 0 Å². The van der Waals surface area contributed by atoms with Gasteiger partial charge >= 0.3 is 33.0 Å². The number of halogens is 6. The Balaban J connectivity index is 0. The van der Waals surface area contributed by atoms with Crippen molar-refractivity contribution in [1.82, 2.24) is 0 Å². The quantitative estimate of drug-likeness (QED) is 0.0469. The number of rotatable bonds is 27. The predicted molar refractivity (Wildman–Crippen MR) is 182 cm³/mol. The van der Waals surface area contributed by atoms with Crippen LogP contribution in [0.25, 0.3) is 0 Å². The summed E-state index contributed by atoms with van der Waals surface area (Å²) in [4.78, 5) is 0. The average molecular weight is 657 g/mol. The molecule has 0 aromatic rings. The van der Waals surface area contributed by atoms with Crippen molar-refractivity contribution in [3.05, 3.63) is 0 Å². The fraction of sp³-hybridized carbons (Fsp3) is 1.00. The van der Waals surface area contributed by atoms with Crippen LogP contribution in [0.4, 0.5) is 25.2 Å². The molecule has 0 aromatic carbocycles. The van der Waals surface area contributed by atoms with Gasteiger partial charge in [0, 0.05) is 7.26 Å². The van der Waals surface area contributed by atoms with Crippen LogP contribution in [0, 0.1) is 17.8 Å². The molecule has 0 aliphatic carbocycles. The van der Waals surface area contributed by atoms with Crippen molar-refractivity contribution in [2.75, 3.05) is 24.6 Å². The fourth-order valence-electron chi connectivity index (χ4n) is 6.47. The van der Waals surface area contributed by atoms with Gasteiger partial charge in [0.1, 0.15) is 0 Å². The van der Waals surface area contributed by atoms with Gasteiger partial charge in [-0.05, 0) is 69.1 Å². The summed E-state index contributed by atoms with van der Waals surface area (Å²) in [7, 11) is -11.6. The van der Waals surface area contributed by atoms with Crippen LogP contribution in [0.3, 0.4) is 0 Å². The second-order valence-electron chi connectivity index (χ2n) is 13.3. The summed E-state index contributed by atoms with van der Waals surface area (Å²) >= 11 is 0. The first kappa shape index (κ1) is 44.6. The summed E-state index contributed by atoms with van der Waals surface area (Å²) in [6.07, 6.45) is 35.7. The monoisotopic (exact) mass is 657 g/mol. The molecule has 0 heterocycles. The van der Waals surface area contributed by atoms with E-state index < -0.39 is 15.1 Å². The second kappa shape index (κ2) is 22.9. The molecule has 8 heteroatoms. The first-order chi connectivity index (χ1) is 19.5. The molecule has 0 N–H and O–H groups in total. The third kappa shape index (κ3) is 31.9. The van der Waals surface area contributed by atoms with Gasteiger partial charge in [-0.25, -0.2) is 0 Å². The normalized spacial score (nSPS) is 17.4. The van der Waals surface area contributed by atoms with Gasteiger partial charge in [0.15, 0.2) is 0 Å². The van der Waals surface area contributed by atoms with E-state index in [4.69, 9.17) is 0 Å². The zero-order chi connectivity index (χ0) is 32.6. The van der Waals surface area contributed by atoms with E-state index in [0.717, 1.165) is 17.8 Å². The van der Waals surface area contributed by atoms with Gasteiger partial charge in [0.05, 0.1) is 24.6 Å². The molecule has 3 unspecified atom stereocenters. The Morgan fingerprint density at radius 2 is 0.667 bits per heavy atom. The number of hydrogen-bond acceptors (Lipinski definition) is 0. The summed E-state index contributed by atoms with van der Waals surface area (Å²) in [6, 6.07) is 0. The van der Waals surface area contributed by atoms with E-state index in [0.29, 0.717) is 0 Å². The predicted octanol–water partition coefficient (Wildman–Crippen LogP) is 16.2. The van der Waals surface area contributed by atoms with E-state index in [9.17, 15) is 25.2 Å². The molecule has 0 nitrogen and oxygen atoms in total. The summed E-state index contributed by atoms with van der Waals surface area (Å²) in [6.45, 7) is 17.0. The van der Waals surface area contributed by atoms with Crippen molar-refractivity contribution in [2.24, 2.45) is 17.8 Å². The van der Waals surface area contributed by atoms with E-state index in [-0.39, 0.29) is 0 Å². The van der Waals surface area contributed by atoms with E-state index in [1.807, 2.05) is 0 Å². The van der Waals surface area contributed by atoms with Crippen molar-refractivity contribution in [1.29, 1.82) is 0 Å². The molecule has 0 aromatic heterocycles. The Morgan fingerprint density at radius 1 is 0.405 bits per heavy atom. The molecule has 0 aliphatic rings. The third-order valence-corrected chi connectivity index (χ3v) is 14.2. The van der Waals surface area contributed by atoms with Gasteiger partial charge in [-0.1, -0.05) is 126 Å². The molecule has 0 fully saturated rings. The average Bonchev–Trinajstić information content (AvgIpc) is 2.91. The van der Waals surface area contributed by atoms with Crippen molar-refractivity contribution in [3.63, 3.8) is 0 Å². The molecular weight excluding hydrogens is 584 g/mol. The Labute approximate surface area is 259 Å². The van der Waals surface area contributed by atoms with Gasteiger partial charge in [-0.3, -0.25) is 0 Å². The molecule has 0 spiro atoms. The molecule has 0 saturated carbocycles. The van der Waals surface area contributed by atoms with Crippen molar-refractivity contribution >= 4 is 15.1 Å². The Morgan fingerprint density at radius 3 is 0.929 bits per heavy atom. The van der Waals surface area contributed by atoms with Gasteiger partial charge in [0.2, 0.25) is 0 Å². The second-order valence-corrected chi connectivity index (χ2v) is 19.4. The van der Waals surface area contributed by atoms with Crippen molar-refractivity contribution < 1.29 is 25.2 Å². The first-order valence-corrected chi connectivity index (χ1v) is 22.5. The van der Waals surface area contributed by atoms with Gasteiger partial charge < -0.3 is 0 Å². The van der Waals surface area contributed by atoms with E-state index in [1.165, 1.54) is 122 Å². The van der Waals surface area contributed by atoms with Crippen LogP contribution >= 0.6 is 15.1 Å². The van der Waals surface area contributed by atoms with E-state index in [1.54, 1.807) is 31.1 Å². The summed E-state index contributed by atoms with van der Waals surface area (Å²) < 4.78 is 59.2. The minimum absolute atomic E-state index is 0.901. The standard InChI is InChI=1S/C34H72P.F6P/c1-8-15-19-20-21-22-23-24-28-35(29-32(12-5)25-16-9-2,30-33(13-6)26-17-10-3)31-34(14-7)27-18-11-4;1-7(2,3,4,5)6/h32-34H,8-31H2,1-7H3;/q+1;-1. The van der Waals surface area contributed by atoms with Crippen molar-refractivity contribution in [3.8, 4) is 0 Å². The molecule has 0 saturated heterocycles. The van der Waals surface area contributed by atoms with Crippen molar-refractivity contribution in [2.45, 2.75) is 177 Å². The molecule has 42 heavy (non-hydrogen) atoms. The van der Waals surface area contributed by atoms with Crippen LogP contribution in [0.15, 0.2) is 0 Å². The third-order valence-electron chi connectivity index (χ3n) is 9.05. The van der Waals surface area contributed by atoms with Crippen LogP contribution < -0.4 is 0 Å². The Kier molecular flexibility index (Phi) is 24.3. The summed E-state index contributed by atoms with van der Waals surface area (Å²) in [5.41, 5.74) is 0. The molecular formula is C34H72F6P2. The zero-order valence-corrected chi connectivity index (χ0v) is 30.7. The van der Waals surface area contributed by atoms with Gasteiger partial charge in [0.25, 0.3) is 0 Å². The fourth-order valence-corrected chi connectivity index (χ4v) is 13.0.